The molecular weight excluding hydrogens is 340 g/mol. The van der Waals surface area contributed by atoms with E-state index in [1.54, 1.807) is 53.8 Å². The Kier molecular flexibility index (Phi) is 5.30. The minimum atomic E-state index is -0.645. The number of nitrogens with zero attached hydrogens (tertiary/aromatic N) is 3. The minimum Gasteiger partial charge on any atom is -0.479 e. The van der Waals surface area contributed by atoms with Gasteiger partial charge in [-0.1, -0.05) is 30.7 Å². The average molecular weight is 357 g/mol. The number of nitrogens with one attached hydrogen (secondary N) is 1. The largest absolute Gasteiger partial charge is 0.479 e. The summed E-state index contributed by atoms with van der Waals surface area (Å²) < 4.78 is 7.51. The molecule has 6 nitrogen and oxygen atoms in total. The summed E-state index contributed by atoms with van der Waals surface area (Å²) in [4.78, 5) is 20.7. The van der Waals surface area contributed by atoms with E-state index in [0.717, 1.165) is 5.82 Å². The highest BCUT2D eigenvalue weighted by Gasteiger charge is 2.19. The van der Waals surface area contributed by atoms with E-state index >= 15 is 0 Å². The Morgan fingerprint density at radius 1 is 1.32 bits per heavy atom. The number of ether oxygens (including phenoxy) is 1. The third kappa shape index (κ3) is 4.16. The van der Waals surface area contributed by atoms with Gasteiger partial charge in [-0.3, -0.25) is 9.36 Å². The van der Waals surface area contributed by atoms with Crippen LogP contribution in [0, 0.1) is 0 Å². The smallest absolute Gasteiger partial charge is 0.265 e. The molecule has 3 rings (SSSR count). The lowest BCUT2D eigenvalue weighted by molar-refractivity contribution is -0.122. The number of hydrogen-bond acceptors (Lipinski definition) is 4. The minimum absolute atomic E-state index is 0.250. The van der Waals surface area contributed by atoms with Crippen molar-refractivity contribution in [3.63, 3.8) is 0 Å². The summed E-state index contributed by atoms with van der Waals surface area (Å²) in [5.74, 6) is 0.953. The molecule has 25 heavy (non-hydrogen) atoms. The Morgan fingerprint density at radius 3 is 2.80 bits per heavy atom. The lowest BCUT2D eigenvalue weighted by Gasteiger charge is -2.18. The number of carbonyl (C=O) groups excluding carboxylic acids is 1. The number of anilines is 1. The van der Waals surface area contributed by atoms with Crippen molar-refractivity contribution >= 4 is 23.2 Å². The summed E-state index contributed by atoms with van der Waals surface area (Å²) >= 11 is 6.08. The van der Waals surface area contributed by atoms with Gasteiger partial charge in [-0.2, -0.15) is 0 Å². The second-order valence-electron chi connectivity index (χ2n) is 5.31. The molecule has 2 heterocycles. The third-order valence-corrected chi connectivity index (χ3v) is 3.87. The molecule has 0 spiro atoms. The van der Waals surface area contributed by atoms with Gasteiger partial charge in [0.2, 0.25) is 0 Å². The second-order valence-corrected chi connectivity index (χ2v) is 5.72. The molecule has 0 saturated carbocycles. The number of para-hydroxylation sites is 1. The van der Waals surface area contributed by atoms with E-state index < -0.39 is 6.10 Å². The van der Waals surface area contributed by atoms with Crippen molar-refractivity contribution in [3.05, 3.63) is 66.3 Å². The maximum absolute atomic E-state index is 12.5. The highest BCUT2D eigenvalue weighted by molar-refractivity contribution is 6.32. The monoisotopic (exact) mass is 356 g/mol. The van der Waals surface area contributed by atoms with Crippen LogP contribution in [0.15, 0.2) is 61.3 Å². The van der Waals surface area contributed by atoms with Gasteiger partial charge in [-0.25, -0.2) is 9.97 Å². The Balaban J connectivity index is 1.66. The molecule has 1 unspecified atom stereocenters. The van der Waals surface area contributed by atoms with Gasteiger partial charge < -0.3 is 10.1 Å². The Labute approximate surface area is 150 Å². The van der Waals surface area contributed by atoms with Crippen LogP contribution >= 0.6 is 11.6 Å². The normalized spacial score (nSPS) is 11.8. The van der Waals surface area contributed by atoms with Crippen molar-refractivity contribution in [1.29, 1.82) is 0 Å². The van der Waals surface area contributed by atoms with E-state index in [1.807, 2.05) is 19.1 Å². The van der Waals surface area contributed by atoms with Gasteiger partial charge in [0.15, 0.2) is 6.10 Å². The zero-order valence-electron chi connectivity index (χ0n) is 13.6. The van der Waals surface area contributed by atoms with Crippen LogP contribution in [-0.4, -0.2) is 26.5 Å². The molecule has 0 fully saturated rings. The Bertz CT molecular complexity index is 835. The molecule has 0 saturated heterocycles. The van der Waals surface area contributed by atoms with Crippen LogP contribution in [0.3, 0.4) is 0 Å². The van der Waals surface area contributed by atoms with Crippen LogP contribution in [0.1, 0.15) is 13.3 Å². The molecule has 1 N–H and O–H groups in total. The van der Waals surface area contributed by atoms with Gasteiger partial charge in [0, 0.05) is 12.4 Å². The maximum Gasteiger partial charge on any atom is 0.265 e. The lowest BCUT2D eigenvalue weighted by Crippen LogP contribution is -2.32. The van der Waals surface area contributed by atoms with Crippen LogP contribution in [0.25, 0.3) is 5.82 Å². The van der Waals surface area contributed by atoms with Crippen molar-refractivity contribution < 1.29 is 9.53 Å². The molecule has 1 amide bonds. The van der Waals surface area contributed by atoms with Gasteiger partial charge in [0.25, 0.3) is 5.91 Å². The first kappa shape index (κ1) is 17.0. The summed E-state index contributed by atoms with van der Waals surface area (Å²) in [6.45, 7) is 1.88. The summed E-state index contributed by atoms with van der Waals surface area (Å²) in [5, 5.41) is 3.28. The van der Waals surface area contributed by atoms with Crippen molar-refractivity contribution in [2.24, 2.45) is 0 Å². The highest BCUT2D eigenvalue weighted by Crippen LogP contribution is 2.25. The molecule has 128 valence electrons. The number of aromatic nitrogens is 3. The van der Waals surface area contributed by atoms with Crippen LogP contribution in [-0.2, 0) is 4.79 Å². The van der Waals surface area contributed by atoms with Gasteiger partial charge in [-0.15, -0.1) is 0 Å². The fourth-order valence-corrected chi connectivity index (χ4v) is 2.43. The van der Waals surface area contributed by atoms with Gasteiger partial charge in [0.1, 0.15) is 17.9 Å². The predicted octanol–water partition coefficient (Wildman–Crippen LogP) is 3.72. The second kappa shape index (κ2) is 7.81. The number of benzene rings is 1. The number of imidazole rings is 1. The standard InChI is InChI=1S/C18H17ClN4O2/c1-2-15(25-16-6-4-3-5-14(16)19)18(24)22-13-7-8-17(21-11-13)23-10-9-20-12-23/h3-12,15H,2H2,1H3,(H,22,24). The molecule has 7 heteroatoms. The fraction of sp³-hybridized carbons (Fsp3) is 0.167. The van der Waals surface area contributed by atoms with E-state index in [0.29, 0.717) is 22.9 Å². The summed E-state index contributed by atoms with van der Waals surface area (Å²) in [5.41, 5.74) is 0.593. The summed E-state index contributed by atoms with van der Waals surface area (Å²) in [7, 11) is 0. The highest BCUT2D eigenvalue weighted by atomic mass is 35.5. The number of carbonyl (C=O) groups is 1. The van der Waals surface area contributed by atoms with Crippen LogP contribution < -0.4 is 10.1 Å². The van der Waals surface area contributed by atoms with E-state index in [9.17, 15) is 4.79 Å². The van der Waals surface area contributed by atoms with E-state index in [-0.39, 0.29) is 5.91 Å². The van der Waals surface area contributed by atoms with Crippen molar-refractivity contribution in [2.75, 3.05) is 5.32 Å². The molecule has 0 aliphatic rings. The number of hydrogen-bond donors (Lipinski definition) is 1. The van der Waals surface area contributed by atoms with E-state index in [2.05, 4.69) is 15.3 Å². The molecule has 1 atom stereocenters. The maximum atomic E-state index is 12.5. The van der Waals surface area contributed by atoms with Crippen LogP contribution in [0.5, 0.6) is 5.75 Å². The average Bonchev–Trinajstić information content (AvgIpc) is 3.16. The summed E-state index contributed by atoms with van der Waals surface area (Å²) in [6.07, 6.45) is 6.59. The van der Waals surface area contributed by atoms with E-state index in [1.165, 1.54) is 0 Å². The van der Waals surface area contributed by atoms with Crippen molar-refractivity contribution in [3.8, 4) is 11.6 Å². The number of pyridine rings is 1. The Hall–Kier alpha value is -2.86. The first-order chi connectivity index (χ1) is 12.2. The molecule has 2 aromatic heterocycles. The topological polar surface area (TPSA) is 69.0 Å². The van der Waals surface area contributed by atoms with Crippen molar-refractivity contribution in [1.82, 2.24) is 14.5 Å². The van der Waals surface area contributed by atoms with Crippen LogP contribution in [0.2, 0.25) is 5.02 Å². The first-order valence-electron chi connectivity index (χ1n) is 7.84. The van der Waals surface area contributed by atoms with Gasteiger partial charge in [-0.05, 0) is 30.7 Å². The van der Waals surface area contributed by atoms with E-state index in [4.69, 9.17) is 16.3 Å². The number of halogens is 1. The van der Waals surface area contributed by atoms with Gasteiger partial charge >= 0.3 is 0 Å². The molecule has 0 radical (unpaired) electrons. The lowest BCUT2D eigenvalue weighted by atomic mass is 10.2. The van der Waals surface area contributed by atoms with Crippen molar-refractivity contribution in [2.45, 2.75) is 19.4 Å². The molecule has 0 aliphatic carbocycles. The van der Waals surface area contributed by atoms with Crippen LogP contribution in [0.4, 0.5) is 5.69 Å². The Morgan fingerprint density at radius 2 is 2.16 bits per heavy atom. The molecule has 1 aromatic carbocycles. The molecular formula is C18H17ClN4O2. The summed E-state index contributed by atoms with van der Waals surface area (Å²) in [6, 6.07) is 10.7. The SMILES string of the molecule is CCC(Oc1ccccc1Cl)C(=O)Nc1ccc(-n2ccnc2)nc1. The number of rotatable bonds is 6. The number of amides is 1. The quantitative estimate of drug-likeness (QED) is 0.730. The first-order valence-corrected chi connectivity index (χ1v) is 8.21. The zero-order valence-corrected chi connectivity index (χ0v) is 14.3. The molecule has 3 aromatic rings. The third-order valence-electron chi connectivity index (χ3n) is 3.55. The fourth-order valence-electron chi connectivity index (χ4n) is 2.25. The zero-order chi connectivity index (χ0) is 17.6. The predicted molar refractivity (Wildman–Crippen MR) is 96.1 cm³/mol. The molecule has 0 bridgehead atoms. The van der Waals surface area contributed by atoms with Gasteiger partial charge in [0.05, 0.1) is 16.9 Å². The molecule has 0 aliphatic heterocycles.